The SMILES string of the molecule is CC(C)Nc1cc(-n2c(C(C)(C)C)nc3cc(-c4cnn(C)c4)c(C#N)cc32)cc2c1n(C)c(=O)n2C. The van der Waals surface area contributed by atoms with Gasteiger partial charge in [0.15, 0.2) is 0 Å². The molecule has 0 aliphatic carbocycles. The van der Waals surface area contributed by atoms with E-state index in [1.807, 2.05) is 31.4 Å². The van der Waals surface area contributed by atoms with E-state index in [9.17, 15) is 10.1 Å². The number of nitrogens with zero attached hydrogens (tertiary/aromatic N) is 7. The highest BCUT2D eigenvalue weighted by atomic mass is 16.1. The van der Waals surface area contributed by atoms with Crippen LogP contribution in [0.15, 0.2) is 41.5 Å². The van der Waals surface area contributed by atoms with Crippen molar-refractivity contribution in [3.05, 3.63) is 58.5 Å². The van der Waals surface area contributed by atoms with E-state index < -0.39 is 0 Å². The first-order valence-electron chi connectivity index (χ1n) is 12.3. The molecule has 0 amide bonds. The summed E-state index contributed by atoms with van der Waals surface area (Å²) in [7, 11) is 5.44. The minimum atomic E-state index is -0.288. The van der Waals surface area contributed by atoms with Crippen molar-refractivity contribution in [2.24, 2.45) is 21.1 Å². The molecule has 37 heavy (non-hydrogen) atoms. The van der Waals surface area contributed by atoms with Crippen molar-refractivity contribution in [3.8, 4) is 22.9 Å². The summed E-state index contributed by atoms with van der Waals surface area (Å²) >= 11 is 0. The van der Waals surface area contributed by atoms with Crippen LogP contribution in [0.4, 0.5) is 5.69 Å². The Morgan fingerprint density at radius 3 is 2.35 bits per heavy atom. The second-order valence-electron chi connectivity index (χ2n) is 11.0. The highest BCUT2D eigenvalue weighted by molar-refractivity contribution is 5.93. The van der Waals surface area contributed by atoms with Gasteiger partial charge in [0.1, 0.15) is 5.82 Å². The van der Waals surface area contributed by atoms with Gasteiger partial charge in [0.2, 0.25) is 0 Å². The predicted molar refractivity (Wildman–Crippen MR) is 147 cm³/mol. The lowest BCUT2D eigenvalue weighted by Crippen LogP contribution is -2.19. The van der Waals surface area contributed by atoms with Crippen molar-refractivity contribution >= 4 is 27.8 Å². The molecule has 0 radical (unpaired) electrons. The quantitative estimate of drug-likeness (QED) is 0.392. The van der Waals surface area contributed by atoms with Gasteiger partial charge in [0.25, 0.3) is 0 Å². The van der Waals surface area contributed by atoms with Gasteiger partial charge in [-0.05, 0) is 38.1 Å². The topological polar surface area (TPSA) is 98.4 Å². The average Bonchev–Trinajstić information content (AvgIpc) is 3.49. The van der Waals surface area contributed by atoms with Gasteiger partial charge >= 0.3 is 5.69 Å². The van der Waals surface area contributed by atoms with Gasteiger partial charge < -0.3 is 5.32 Å². The summed E-state index contributed by atoms with van der Waals surface area (Å²) in [6, 6.07) is 10.5. The summed E-state index contributed by atoms with van der Waals surface area (Å²) < 4.78 is 7.18. The van der Waals surface area contributed by atoms with E-state index in [0.717, 1.165) is 50.4 Å². The smallest absolute Gasteiger partial charge is 0.328 e. The Morgan fingerprint density at radius 2 is 1.76 bits per heavy atom. The highest BCUT2D eigenvalue weighted by Gasteiger charge is 2.26. The standard InChI is InChI=1S/C28H32N8O/c1-16(2)31-22-10-19(11-24-25(22)35(8)27(37)34(24)7)36-23-9-17(13-29)20(18-14-30-33(6)15-18)12-21(23)32-26(36)28(3,4)5/h9-12,14-16,31H,1-8H3. The monoisotopic (exact) mass is 496 g/mol. The number of nitriles is 1. The first-order chi connectivity index (χ1) is 17.4. The molecule has 0 spiro atoms. The zero-order valence-corrected chi connectivity index (χ0v) is 22.6. The number of hydrogen-bond donors (Lipinski definition) is 1. The van der Waals surface area contributed by atoms with E-state index in [2.05, 4.69) is 61.7 Å². The van der Waals surface area contributed by atoms with Crippen molar-refractivity contribution < 1.29 is 0 Å². The van der Waals surface area contributed by atoms with Gasteiger partial charge in [-0.1, -0.05) is 20.8 Å². The molecule has 0 bridgehead atoms. The lowest BCUT2D eigenvalue weighted by molar-refractivity contribution is 0.539. The maximum Gasteiger partial charge on any atom is 0.328 e. The van der Waals surface area contributed by atoms with Crippen molar-refractivity contribution in [1.82, 2.24) is 28.5 Å². The van der Waals surface area contributed by atoms with Crippen LogP contribution in [-0.2, 0) is 26.6 Å². The molecule has 3 heterocycles. The van der Waals surface area contributed by atoms with Crippen LogP contribution in [0.25, 0.3) is 38.9 Å². The van der Waals surface area contributed by atoms with Gasteiger partial charge in [-0.3, -0.25) is 18.4 Å². The second kappa shape index (κ2) is 8.37. The minimum Gasteiger partial charge on any atom is -0.381 e. The normalized spacial score (nSPS) is 12.1. The third-order valence-electron chi connectivity index (χ3n) is 6.65. The molecular weight excluding hydrogens is 464 g/mol. The molecule has 5 aromatic rings. The number of nitrogens with one attached hydrogen (secondary N) is 1. The molecule has 0 saturated carbocycles. The Morgan fingerprint density at radius 1 is 1.03 bits per heavy atom. The number of fused-ring (bicyclic) bond motifs is 2. The number of imidazole rings is 2. The number of hydrogen-bond acceptors (Lipinski definition) is 5. The Kier molecular flexibility index (Phi) is 5.52. The zero-order chi connectivity index (χ0) is 26.8. The van der Waals surface area contributed by atoms with Crippen LogP contribution in [0.5, 0.6) is 0 Å². The molecule has 0 unspecified atom stereocenters. The molecule has 9 nitrogen and oxygen atoms in total. The van der Waals surface area contributed by atoms with Crippen LogP contribution in [0.2, 0.25) is 0 Å². The minimum absolute atomic E-state index is 0.0848. The number of anilines is 1. The fourth-order valence-electron chi connectivity index (χ4n) is 4.97. The number of rotatable bonds is 4. The van der Waals surface area contributed by atoms with E-state index in [4.69, 9.17) is 4.98 Å². The summed E-state index contributed by atoms with van der Waals surface area (Å²) in [5, 5.41) is 17.9. The fourth-order valence-corrected chi connectivity index (χ4v) is 4.97. The van der Waals surface area contributed by atoms with Crippen LogP contribution in [0.1, 0.15) is 46.0 Å². The summed E-state index contributed by atoms with van der Waals surface area (Å²) in [4.78, 5) is 17.9. The van der Waals surface area contributed by atoms with Gasteiger partial charge in [0.05, 0.1) is 51.3 Å². The Bertz CT molecular complexity index is 1780. The average molecular weight is 497 g/mol. The van der Waals surface area contributed by atoms with E-state index in [1.165, 1.54) is 0 Å². The molecule has 3 aromatic heterocycles. The maximum absolute atomic E-state index is 12.9. The summed E-state index contributed by atoms with van der Waals surface area (Å²) in [5.41, 5.74) is 6.91. The third-order valence-corrected chi connectivity index (χ3v) is 6.65. The zero-order valence-electron chi connectivity index (χ0n) is 22.6. The lowest BCUT2D eigenvalue weighted by atomic mass is 9.95. The Hall–Kier alpha value is -4.32. The number of aromatic nitrogens is 6. The highest BCUT2D eigenvalue weighted by Crippen LogP contribution is 2.36. The van der Waals surface area contributed by atoms with E-state index >= 15 is 0 Å². The molecule has 0 fully saturated rings. The molecule has 1 N–H and O–H groups in total. The Balaban J connectivity index is 1.88. The molecule has 0 atom stereocenters. The molecule has 5 rings (SSSR count). The summed E-state index contributed by atoms with van der Waals surface area (Å²) in [5.74, 6) is 0.866. The van der Waals surface area contributed by atoms with E-state index in [1.54, 1.807) is 34.1 Å². The first kappa shape index (κ1) is 24.4. The van der Waals surface area contributed by atoms with Crippen LogP contribution >= 0.6 is 0 Å². The third kappa shape index (κ3) is 3.89. The van der Waals surface area contributed by atoms with Gasteiger partial charge in [0, 0.05) is 49.9 Å². The number of benzene rings is 2. The molecule has 2 aromatic carbocycles. The van der Waals surface area contributed by atoms with Crippen molar-refractivity contribution in [3.63, 3.8) is 0 Å². The molecular formula is C28H32N8O. The van der Waals surface area contributed by atoms with Crippen LogP contribution in [0.3, 0.4) is 0 Å². The molecule has 0 aliphatic rings. The number of aryl methyl sites for hydroxylation is 3. The van der Waals surface area contributed by atoms with Gasteiger partial charge in [-0.25, -0.2) is 9.78 Å². The maximum atomic E-state index is 12.9. The largest absolute Gasteiger partial charge is 0.381 e. The molecule has 0 saturated heterocycles. The summed E-state index contributed by atoms with van der Waals surface area (Å²) in [6.07, 6.45) is 3.66. The van der Waals surface area contributed by atoms with Gasteiger partial charge in [-0.15, -0.1) is 0 Å². The molecule has 190 valence electrons. The summed E-state index contributed by atoms with van der Waals surface area (Å²) in [6.45, 7) is 10.5. The second-order valence-corrected chi connectivity index (χ2v) is 11.0. The first-order valence-corrected chi connectivity index (χ1v) is 12.3. The van der Waals surface area contributed by atoms with Crippen LogP contribution < -0.4 is 11.0 Å². The Labute approximate surface area is 215 Å². The van der Waals surface area contributed by atoms with Crippen LogP contribution in [0, 0.1) is 11.3 Å². The fraction of sp³-hybridized carbons (Fsp3) is 0.357. The predicted octanol–water partition coefficient (Wildman–Crippen LogP) is 4.61. The lowest BCUT2D eigenvalue weighted by Gasteiger charge is -2.22. The molecule has 0 aliphatic heterocycles. The molecule has 9 heteroatoms. The van der Waals surface area contributed by atoms with Crippen molar-refractivity contribution in [2.75, 3.05) is 5.32 Å². The van der Waals surface area contributed by atoms with Crippen molar-refractivity contribution in [1.29, 1.82) is 5.26 Å². The van der Waals surface area contributed by atoms with Crippen LogP contribution in [-0.4, -0.2) is 34.5 Å². The van der Waals surface area contributed by atoms with Gasteiger partial charge in [-0.2, -0.15) is 10.4 Å². The van der Waals surface area contributed by atoms with Crippen molar-refractivity contribution in [2.45, 2.75) is 46.1 Å². The van der Waals surface area contributed by atoms with E-state index in [0.29, 0.717) is 5.56 Å². The van der Waals surface area contributed by atoms with E-state index in [-0.39, 0.29) is 17.1 Å².